The monoisotopic (exact) mass is 503 g/mol. The van der Waals surface area contributed by atoms with E-state index in [0.717, 1.165) is 5.06 Å². The predicted molar refractivity (Wildman–Crippen MR) is 126 cm³/mol. The smallest absolute Gasteiger partial charge is 0.333 e. The molecule has 0 aliphatic heterocycles. The number of hydrogen-bond acceptors (Lipinski definition) is 9. The van der Waals surface area contributed by atoms with Crippen LogP contribution < -0.4 is 10.6 Å². The van der Waals surface area contributed by atoms with Crippen LogP contribution in [0.3, 0.4) is 0 Å². The van der Waals surface area contributed by atoms with Crippen LogP contribution in [-0.2, 0) is 43.0 Å². The number of hydrogen-bond donors (Lipinski definition) is 2. The van der Waals surface area contributed by atoms with Crippen molar-refractivity contribution in [1.82, 2.24) is 15.7 Å². The first-order chi connectivity index (χ1) is 16.4. The second kappa shape index (κ2) is 17.8. The molecule has 0 bridgehead atoms. The molecule has 0 atom stereocenters. The van der Waals surface area contributed by atoms with Gasteiger partial charge in [-0.1, -0.05) is 13.8 Å². The summed E-state index contributed by atoms with van der Waals surface area (Å²) in [5.41, 5.74) is -1.38. The van der Waals surface area contributed by atoms with Crippen LogP contribution in [0.2, 0.25) is 0 Å². The number of nitrogens with zero attached hydrogens (tertiary/aromatic N) is 1. The van der Waals surface area contributed by atoms with Crippen molar-refractivity contribution in [3.8, 4) is 0 Å². The van der Waals surface area contributed by atoms with Gasteiger partial charge in [0.25, 0.3) is 5.91 Å². The minimum Gasteiger partial charge on any atom is -0.380 e. The van der Waals surface area contributed by atoms with E-state index in [2.05, 4.69) is 10.6 Å². The van der Waals surface area contributed by atoms with E-state index >= 15 is 0 Å². The lowest BCUT2D eigenvalue weighted by atomic mass is 9.90. The number of carbonyl (C=O) groups is 5. The van der Waals surface area contributed by atoms with Crippen molar-refractivity contribution >= 4 is 30.5 Å². The van der Waals surface area contributed by atoms with Gasteiger partial charge in [-0.3, -0.25) is 14.4 Å². The molecule has 0 aromatic carbocycles. The van der Waals surface area contributed by atoms with Crippen molar-refractivity contribution in [1.29, 1.82) is 0 Å². The summed E-state index contributed by atoms with van der Waals surface area (Å²) in [6.07, 6.45) is 1.27. The summed E-state index contributed by atoms with van der Waals surface area (Å²) in [4.78, 5) is 61.8. The first-order valence-electron chi connectivity index (χ1n) is 11.5. The molecule has 0 aliphatic rings. The molecule has 0 unspecified atom stereocenters. The molecule has 0 fully saturated rings. The topological polar surface area (TPSA) is 150 Å². The Balaban J connectivity index is 4.14. The van der Waals surface area contributed by atoms with Crippen LogP contribution in [0.5, 0.6) is 0 Å². The van der Waals surface area contributed by atoms with Crippen LogP contribution in [0.1, 0.15) is 47.0 Å². The molecule has 0 saturated carbocycles. The summed E-state index contributed by atoms with van der Waals surface area (Å²) >= 11 is 0. The highest BCUT2D eigenvalue weighted by molar-refractivity contribution is 5.82. The molecule has 35 heavy (non-hydrogen) atoms. The molecular weight excluding hydrogens is 462 g/mol. The van der Waals surface area contributed by atoms with Crippen LogP contribution in [0, 0.1) is 10.8 Å². The van der Waals surface area contributed by atoms with E-state index in [4.69, 9.17) is 19.0 Å². The molecule has 3 amide bonds. The fourth-order valence-electron chi connectivity index (χ4n) is 2.65. The number of ether oxygens (including phenoxy) is 3. The SMILES string of the molecule is CN(OC(=O)CC(C)(C)COCC(C)(C)C(=O)NCCOCCOCCNC=O)C(=O)CCC=O. The van der Waals surface area contributed by atoms with Crippen LogP contribution in [0.4, 0.5) is 0 Å². The highest BCUT2D eigenvalue weighted by Gasteiger charge is 2.30. The van der Waals surface area contributed by atoms with Gasteiger partial charge in [-0.15, -0.1) is 0 Å². The number of nitrogens with one attached hydrogen (secondary N) is 2. The van der Waals surface area contributed by atoms with Crippen molar-refractivity contribution in [2.24, 2.45) is 10.8 Å². The maximum atomic E-state index is 12.5. The average molecular weight is 504 g/mol. The van der Waals surface area contributed by atoms with Gasteiger partial charge in [-0.2, -0.15) is 5.06 Å². The van der Waals surface area contributed by atoms with Crippen molar-refractivity contribution in [3.63, 3.8) is 0 Å². The molecule has 0 heterocycles. The van der Waals surface area contributed by atoms with E-state index in [1.54, 1.807) is 13.8 Å². The summed E-state index contributed by atoms with van der Waals surface area (Å²) < 4.78 is 16.4. The van der Waals surface area contributed by atoms with Gasteiger partial charge in [-0.25, -0.2) is 4.79 Å². The van der Waals surface area contributed by atoms with Gasteiger partial charge < -0.3 is 34.5 Å². The normalized spacial score (nSPS) is 11.5. The van der Waals surface area contributed by atoms with Crippen molar-refractivity contribution < 1.29 is 43.0 Å². The van der Waals surface area contributed by atoms with Crippen LogP contribution in [0.25, 0.3) is 0 Å². The molecule has 0 saturated heterocycles. The van der Waals surface area contributed by atoms with Gasteiger partial charge in [0.05, 0.1) is 51.5 Å². The highest BCUT2D eigenvalue weighted by Crippen LogP contribution is 2.24. The van der Waals surface area contributed by atoms with E-state index < -0.39 is 22.7 Å². The summed E-state index contributed by atoms with van der Waals surface area (Å²) in [5, 5.41) is 6.12. The van der Waals surface area contributed by atoms with E-state index in [1.807, 2.05) is 13.8 Å². The third-order valence-electron chi connectivity index (χ3n) is 4.64. The lowest BCUT2D eigenvalue weighted by molar-refractivity contribution is -0.195. The van der Waals surface area contributed by atoms with Crippen molar-refractivity contribution in [3.05, 3.63) is 0 Å². The zero-order chi connectivity index (χ0) is 26.7. The molecule has 12 nitrogen and oxygen atoms in total. The van der Waals surface area contributed by atoms with Gasteiger partial charge in [0.1, 0.15) is 6.29 Å². The van der Waals surface area contributed by atoms with Crippen LogP contribution in [-0.4, -0.2) is 95.3 Å². The highest BCUT2D eigenvalue weighted by atomic mass is 16.7. The van der Waals surface area contributed by atoms with Crippen molar-refractivity contribution in [2.45, 2.75) is 47.0 Å². The molecular formula is C23H41N3O9. The molecule has 0 radical (unpaired) electrons. The van der Waals surface area contributed by atoms with Gasteiger partial charge >= 0.3 is 5.97 Å². The molecule has 0 spiro atoms. The second-order valence-corrected chi connectivity index (χ2v) is 9.33. The van der Waals surface area contributed by atoms with Gasteiger partial charge in [0.2, 0.25) is 12.3 Å². The van der Waals surface area contributed by atoms with E-state index in [-0.39, 0.29) is 38.4 Å². The Bertz CT molecular complexity index is 669. The Morgan fingerprint density at radius 2 is 1.51 bits per heavy atom. The van der Waals surface area contributed by atoms with E-state index in [1.165, 1.54) is 7.05 Å². The predicted octanol–water partition coefficient (Wildman–Crippen LogP) is 0.237. The van der Waals surface area contributed by atoms with E-state index in [0.29, 0.717) is 52.2 Å². The standard InChI is InChI=1S/C23H41N3O9/c1-22(2,15-20(30)35-26(5)19(29)7-6-10-27)16-34-17-23(3,4)21(31)25-9-12-33-14-13-32-11-8-24-18-28/h10,18H,6-9,11-17H2,1-5H3,(H,24,28)(H,25,31). The first kappa shape index (κ1) is 32.4. The van der Waals surface area contributed by atoms with Gasteiger partial charge in [0, 0.05) is 33.0 Å². The summed E-state index contributed by atoms with van der Waals surface area (Å²) in [5.74, 6) is -1.25. The third-order valence-corrected chi connectivity index (χ3v) is 4.64. The number of aldehydes is 1. The maximum Gasteiger partial charge on any atom is 0.333 e. The number of hydroxylamine groups is 2. The third kappa shape index (κ3) is 16.7. The molecule has 2 N–H and O–H groups in total. The lowest BCUT2D eigenvalue weighted by Gasteiger charge is -2.28. The average Bonchev–Trinajstić information content (AvgIpc) is 2.77. The number of amides is 3. The Hall–Kier alpha value is -2.57. The summed E-state index contributed by atoms with van der Waals surface area (Å²) in [6.45, 7) is 9.78. The maximum absolute atomic E-state index is 12.5. The zero-order valence-electron chi connectivity index (χ0n) is 21.6. The van der Waals surface area contributed by atoms with E-state index in [9.17, 15) is 24.0 Å². The van der Waals surface area contributed by atoms with Crippen LogP contribution >= 0.6 is 0 Å². The number of rotatable bonds is 20. The fourth-order valence-corrected chi connectivity index (χ4v) is 2.65. The largest absolute Gasteiger partial charge is 0.380 e. The molecule has 0 aliphatic carbocycles. The van der Waals surface area contributed by atoms with Gasteiger partial charge in [-0.05, 0) is 19.3 Å². The molecule has 0 aromatic heterocycles. The Kier molecular flexibility index (Phi) is 16.5. The molecule has 0 rings (SSSR count). The Morgan fingerprint density at radius 1 is 0.886 bits per heavy atom. The minimum absolute atomic E-state index is 0.000419. The fraction of sp³-hybridized carbons (Fsp3) is 0.783. The first-order valence-corrected chi connectivity index (χ1v) is 11.5. The zero-order valence-corrected chi connectivity index (χ0v) is 21.6. The van der Waals surface area contributed by atoms with Gasteiger partial charge in [0.15, 0.2) is 0 Å². The lowest BCUT2D eigenvalue weighted by Crippen LogP contribution is -2.42. The van der Waals surface area contributed by atoms with Crippen LogP contribution in [0.15, 0.2) is 0 Å². The minimum atomic E-state index is -0.795. The summed E-state index contributed by atoms with van der Waals surface area (Å²) in [7, 11) is 1.32. The second-order valence-electron chi connectivity index (χ2n) is 9.33. The Morgan fingerprint density at radius 3 is 2.11 bits per heavy atom. The molecule has 12 heteroatoms. The van der Waals surface area contributed by atoms with Crippen molar-refractivity contribution in [2.75, 3.05) is 59.8 Å². The quantitative estimate of drug-likeness (QED) is 0.135. The summed E-state index contributed by atoms with van der Waals surface area (Å²) in [6, 6.07) is 0. The number of carbonyl (C=O) groups excluding carboxylic acids is 5. The molecule has 0 aromatic rings. The molecule has 202 valence electrons. The Labute approximate surface area is 207 Å².